The first-order chi connectivity index (χ1) is 11.3. The van der Waals surface area contributed by atoms with Gasteiger partial charge in [0.1, 0.15) is 0 Å². The number of benzene rings is 1. The number of carbonyl (C=O) groups excluding carboxylic acids is 1. The second-order valence-corrected chi connectivity index (χ2v) is 7.18. The van der Waals surface area contributed by atoms with Gasteiger partial charge in [-0.25, -0.2) is 0 Å². The highest BCUT2D eigenvalue weighted by Crippen LogP contribution is 2.20. The van der Waals surface area contributed by atoms with E-state index in [4.69, 9.17) is 5.11 Å². The van der Waals surface area contributed by atoms with Crippen molar-refractivity contribution in [2.24, 2.45) is 0 Å². The molecule has 0 aromatic heterocycles. The van der Waals surface area contributed by atoms with E-state index in [0.717, 1.165) is 41.7 Å². The lowest BCUT2D eigenvalue weighted by Crippen LogP contribution is -2.46. The fourth-order valence-corrected chi connectivity index (χ4v) is 3.23. The summed E-state index contributed by atoms with van der Waals surface area (Å²) in [4.78, 5) is 27.0. The van der Waals surface area contributed by atoms with Crippen LogP contribution >= 0.6 is 15.9 Å². The van der Waals surface area contributed by atoms with E-state index in [0.29, 0.717) is 6.54 Å². The summed E-state index contributed by atoms with van der Waals surface area (Å²) in [5, 5.41) is 11.8. The van der Waals surface area contributed by atoms with Crippen LogP contribution in [0.1, 0.15) is 18.4 Å². The van der Waals surface area contributed by atoms with Gasteiger partial charge < -0.3 is 10.4 Å². The van der Waals surface area contributed by atoms with E-state index < -0.39 is 5.97 Å². The fraction of sp³-hybridized carbons (Fsp3) is 0.529. The zero-order valence-electron chi connectivity index (χ0n) is 14.1. The molecule has 1 aliphatic rings. The van der Waals surface area contributed by atoms with E-state index in [1.165, 1.54) is 0 Å². The third kappa shape index (κ3) is 5.58. The number of aliphatic carboxylic acids is 1. The number of halogens is 1. The third-order valence-electron chi connectivity index (χ3n) is 4.37. The van der Waals surface area contributed by atoms with Crippen molar-refractivity contribution >= 4 is 33.5 Å². The number of nitrogens with one attached hydrogen (secondary N) is 1. The molecular weight excluding hydrogens is 374 g/mol. The van der Waals surface area contributed by atoms with Crippen molar-refractivity contribution in [1.29, 1.82) is 0 Å². The van der Waals surface area contributed by atoms with Gasteiger partial charge in [0.05, 0.1) is 13.1 Å². The minimum Gasteiger partial charge on any atom is -0.480 e. The molecule has 0 radical (unpaired) electrons. The monoisotopic (exact) mass is 397 g/mol. The average Bonchev–Trinajstić information content (AvgIpc) is 2.51. The Morgan fingerprint density at radius 3 is 2.62 bits per heavy atom. The summed E-state index contributed by atoms with van der Waals surface area (Å²) in [7, 11) is 1.84. The summed E-state index contributed by atoms with van der Waals surface area (Å²) in [6.45, 7) is 4.03. The lowest BCUT2D eigenvalue weighted by atomic mass is 10.0. The third-order valence-corrected chi connectivity index (χ3v) is 5.26. The van der Waals surface area contributed by atoms with Gasteiger partial charge in [-0.2, -0.15) is 0 Å². The predicted molar refractivity (Wildman–Crippen MR) is 97.2 cm³/mol. The van der Waals surface area contributed by atoms with Gasteiger partial charge >= 0.3 is 5.97 Å². The van der Waals surface area contributed by atoms with Crippen molar-refractivity contribution in [2.75, 3.05) is 38.5 Å². The van der Waals surface area contributed by atoms with Gasteiger partial charge in [0, 0.05) is 29.3 Å². The summed E-state index contributed by atoms with van der Waals surface area (Å²) in [5.74, 6) is -0.821. The Morgan fingerprint density at radius 2 is 2.04 bits per heavy atom. The first-order valence-electron chi connectivity index (χ1n) is 8.05. The lowest BCUT2D eigenvalue weighted by molar-refractivity contribution is -0.138. The number of hydrogen-bond acceptors (Lipinski definition) is 4. The number of carboxylic acids is 1. The average molecular weight is 398 g/mol. The number of anilines is 1. The molecule has 1 aromatic carbocycles. The second kappa shape index (κ2) is 8.60. The van der Waals surface area contributed by atoms with E-state index >= 15 is 0 Å². The van der Waals surface area contributed by atoms with Gasteiger partial charge in [-0.3, -0.25) is 19.4 Å². The van der Waals surface area contributed by atoms with Crippen LogP contribution in [0.3, 0.4) is 0 Å². The van der Waals surface area contributed by atoms with Gasteiger partial charge in [0.2, 0.25) is 5.91 Å². The first kappa shape index (κ1) is 18.9. The van der Waals surface area contributed by atoms with Crippen LogP contribution in [-0.2, 0) is 9.59 Å². The van der Waals surface area contributed by atoms with E-state index in [-0.39, 0.29) is 18.5 Å². The highest BCUT2D eigenvalue weighted by Gasteiger charge is 2.24. The molecule has 1 saturated heterocycles. The molecule has 0 aliphatic carbocycles. The van der Waals surface area contributed by atoms with E-state index in [9.17, 15) is 9.59 Å². The molecule has 0 saturated carbocycles. The Hall–Kier alpha value is -1.44. The maximum absolute atomic E-state index is 12.2. The summed E-state index contributed by atoms with van der Waals surface area (Å²) in [6, 6.07) is 6.01. The molecule has 1 amide bonds. The Morgan fingerprint density at radius 1 is 1.38 bits per heavy atom. The fourth-order valence-electron chi connectivity index (χ4n) is 2.99. The van der Waals surface area contributed by atoms with Crippen LogP contribution < -0.4 is 5.32 Å². The number of hydrogen-bond donors (Lipinski definition) is 2. The zero-order chi connectivity index (χ0) is 17.7. The van der Waals surface area contributed by atoms with Crippen molar-refractivity contribution in [3.05, 3.63) is 28.2 Å². The summed E-state index contributed by atoms with van der Waals surface area (Å²) in [6.07, 6.45) is 1.77. The quantitative estimate of drug-likeness (QED) is 0.769. The minimum atomic E-state index is -0.802. The molecule has 1 heterocycles. The molecule has 0 bridgehead atoms. The van der Waals surface area contributed by atoms with Crippen molar-refractivity contribution < 1.29 is 14.7 Å². The van der Waals surface area contributed by atoms with Gasteiger partial charge in [-0.1, -0.05) is 15.9 Å². The first-order valence-corrected chi connectivity index (χ1v) is 8.85. The van der Waals surface area contributed by atoms with Crippen LogP contribution in [-0.4, -0.2) is 66.1 Å². The highest BCUT2D eigenvalue weighted by atomic mass is 79.9. The maximum Gasteiger partial charge on any atom is 0.317 e. The number of carbonyl (C=O) groups is 2. The molecule has 1 fully saturated rings. The van der Waals surface area contributed by atoms with Crippen molar-refractivity contribution in [2.45, 2.75) is 25.8 Å². The Balaban J connectivity index is 1.77. The molecule has 7 heteroatoms. The lowest BCUT2D eigenvalue weighted by Gasteiger charge is -2.35. The molecule has 2 rings (SSSR count). The second-order valence-electron chi connectivity index (χ2n) is 6.33. The minimum absolute atomic E-state index is 0.0194. The molecule has 0 spiro atoms. The van der Waals surface area contributed by atoms with Crippen molar-refractivity contribution in [3.8, 4) is 0 Å². The topological polar surface area (TPSA) is 72.9 Å². The number of carboxylic acid groups (broad SMARTS) is 1. The smallest absolute Gasteiger partial charge is 0.317 e. The van der Waals surface area contributed by atoms with Crippen LogP contribution in [0.5, 0.6) is 0 Å². The zero-order valence-corrected chi connectivity index (χ0v) is 15.7. The molecule has 0 atom stereocenters. The van der Waals surface area contributed by atoms with Gasteiger partial charge in [-0.05, 0) is 50.6 Å². The van der Waals surface area contributed by atoms with E-state index in [2.05, 4.69) is 26.1 Å². The van der Waals surface area contributed by atoms with Crippen molar-refractivity contribution in [3.63, 3.8) is 0 Å². The number of rotatable bonds is 6. The SMILES string of the molecule is Cc1cc(NC(=O)CN2CCC(N(C)CC(=O)O)CC2)ccc1Br. The van der Waals surface area contributed by atoms with Gasteiger partial charge in [0.15, 0.2) is 0 Å². The molecule has 132 valence electrons. The Kier molecular flexibility index (Phi) is 6.77. The number of likely N-dealkylation sites (tertiary alicyclic amines) is 1. The van der Waals surface area contributed by atoms with Crippen LogP contribution in [0, 0.1) is 6.92 Å². The summed E-state index contributed by atoms with van der Waals surface area (Å²) < 4.78 is 1.02. The van der Waals surface area contributed by atoms with Gasteiger partial charge in [-0.15, -0.1) is 0 Å². The Labute approximate surface area is 150 Å². The molecule has 0 unspecified atom stereocenters. The molecule has 1 aliphatic heterocycles. The van der Waals surface area contributed by atoms with Crippen LogP contribution in [0.4, 0.5) is 5.69 Å². The summed E-state index contributed by atoms with van der Waals surface area (Å²) in [5.41, 5.74) is 1.88. The largest absolute Gasteiger partial charge is 0.480 e. The Bertz CT molecular complexity index is 601. The van der Waals surface area contributed by atoms with Crippen LogP contribution in [0.25, 0.3) is 0 Å². The summed E-state index contributed by atoms with van der Waals surface area (Å²) >= 11 is 3.45. The van der Waals surface area contributed by atoms with Crippen molar-refractivity contribution in [1.82, 2.24) is 9.80 Å². The number of likely N-dealkylation sites (N-methyl/N-ethyl adjacent to an activating group) is 1. The normalized spacial score (nSPS) is 16.3. The number of aryl methyl sites for hydroxylation is 1. The molecular formula is C17H24BrN3O3. The number of piperidine rings is 1. The van der Waals surface area contributed by atoms with Crippen LogP contribution in [0.2, 0.25) is 0 Å². The number of amides is 1. The molecule has 2 N–H and O–H groups in total. The maximum atomic E-state index is 12.2. The number of nitrogens with zero attached hydrogens (tertiary/aromatic N) is 2. The predicted octanol–water partition coefficient (Wildman–Crippen LogP) is 2.18. The molecule has 1 aromatic rings. The molecule has 6 nitrogen and oxygen atoms in total. The molecule has 24 heavy (non-hydrogen) atoms. The van der Waals surface area contributed by atoms with E-state index in [1.54, 1.807) is 0 Å². The highest BCUT2D eigenvalue weighted by molar-refractivity contribution is 9.10. The standard InChI is InChI=1S/C17H24BrN3O3/c1-12-9-13(3-4-15(12)18)19-16(22)10-21-7-5-14(6-8-21)20(2)11-17(23)24/h3-4,9,14H,5-8,10-11H2,1-2H3,(H,19,22)(H,23,24). The van der Waals surface area contributed by atoms with Gasteiger partial charge in [0.25, 0.3) is 0 Å². The van der Waals surface area contributed by atoms with Crippen LogP contribution in [0.15, 0.2) is 22.7 Å². The van der Waals surface area contributed by atoms with E-state index in [1.807, 2.05) is 37.1 Å².